The summed E-state index contributed by atoms with van der Waals surface area (Å²) in [7, 11) is 1.70. The minimum Gasteiger partial charge on any atom is -0.335 e. The zero-order chi connectivity index (χ0) is 15.2. The SMILES string of the molecule is CCCc1nc(C(=O)N(C)Cc2ccc(C#N)cc2)n[nH]1. The van der Waals surface area contributed by atoms with Crippen LogP contribution in [0.1, 0.15) is 40.9 Å². The Balaban J connectivity index is 2.02. The van der Waals surface area contributed by atoms with Gasteiger partial charge in [0.1, 0.15) is 5.82 Å². The van der Waals surface area contributed by atoms with Gasteiger partial charge in [-0.05, 0) is 24.1 Å². The van der Waals surface area contributed by atoms with Gasteiger partial charge in [-0.3, -0.25) is 9.89 Å². The van der Waals surface area contributed by atoms with Gasteiger partial charge in [0.2, 0.25) is 5.82 Å². The molecule has 0 saturated carbocycles. The molecule has 0 aliphatic rings. The van der Waals surface area contributed by atoms with E-state index in [-0.39, 0.29) is 11.7 Å². The lowest BCUT2D eigenvalue weighted by Gasteiger charge is -2.15. The molecule has 0 radical (unpaired) electrons. The third-order valence-corrected chi connectivity index (χ3v) is 3.06. The molecule has 2 rings (SSSR count). The van der Waals surface area contributed by atoms with E-state index in [4.69, 9.17) is 5.26 Å². The second kappa shape index (κ2) is 6.66. The third kappa shape index (κ3) is 3.66. The molecule has 0 aliphatic heterocycles. The number of carbonyl (C=O) groups is 1. The molecular formula is C15H17N5O. The number of rotatable bonds is 5. The lowest BCUT2D eigenvalue weighted by atomic mass is 10.1. The molecule has 0 spiro atoms. The number of amides is 1. The summed E-state index contributed by atoms with van der Waals surface area (Å²) in [4.78, 5) is 18.0. The minimum atomic E-state index is -0.224. The number of nitrogens with zero attached hydrogens (tertiary/aromatic N) is 4. The van der Waals surface area contributed by atoms with Gasteiger partial charge >= 0.3 is 0 Å². The summed E-state index contributed by atoms with van der Waals surface area (Å²) >= 11 is 0. The Hall–Kier alpha value is -2.68. The molecule has 21 heavy (non-hydrogen) atoms. The molecule has 108 valence electrons. The van der Waals surface area contributed by atoms with Gasteiger partial charge in [0.05, 0.1) is 11.6 Å². The van der Waals surface area contributed by atoms with Gasteiger partial charge in [-0.2, -0.15) is 5.26 Å². The number of benzene rings is 1. The van der Waals surface area contributed by atoms with Crippen molar-refractivity contribution in [3.05, 3.63) is 47.0 Å². The predicted octanol–water partition coefficient (Wildman–Crippen LogP) is 1.90. The number of aryl methyl sites for hydroxylation is 1. The van der Waals surface area contributed by atoms with Crippen molar-refractivity contribution in [2.75, 3.05) is 7.05 Å². The second-order valence-electron chi connectivity index (χ2n) is 4.83. The maximum absolute atomic E-state index is 12.2. The summed E-state index contributed by atoms with van der Waals surface area (Å²) in [5.41, 5.74) is 1.56. The van der Waals surface area contributed by atoms with E-state index in [2.05, 4.69) is 21.3 Å². The van der Waals surface area contributed by atoms with Crippen molar-refractivity contribution in [1.82, 2.24) is 20.1 Å². The third-order valence-electron chi connectivity index (χ3n) is 3.06. The molecule has 0 fully saturated rings. The van der Waals surface area contributed by atoms with Crippen LogP contribution in [0.2, 0.25) is 0 Å². The van der Waals surface area contributed by atoms with Gasteiger partial charge in [-0.15, -0.1) is 5.10 Å². The van der Waals surface area contributed by atoms with Gasteiger partial charge < -0.3 is 4.90 Å². The largest absolute Gasteiger partial charge is 0.335 e. The van der Waals surface area contributed by atoms with E-state index in [1.165, 1.54) is 0 Å². The van der Waals surface area contributed by atoms with Crippen LogP contribution in [0.25, 0.3) is 0 Å². The molecular weight excluding hydrogens is 266 g/mol. The fourth-order valence-electron chi connectivity index (χ4n) is 1.94. The Morgan fingerprint density at radius 2 is 2.10 bits per heavy atom. The standard InChI is InChI=1S/C15H17N5O/c1-3-4-13-17-14(19-18-13)15(21)20(2)10-12-7-5-11(9-16)6-8-12/h5-8H,3-4,10H2,1-2H3,(H,17,18,19). The fraction of sp³-hybridized carbons (Fsp3) is 0.333. The van der Waals surface area contributed by atoms with Crippen molar-refractivity contribution >= 4 is 5.91 Å². The molecule has 1 aromatic heterocycles. The molecule has 0 aliphatic carbocycles. The molecule has 2 aromatic rings. The maximum atomic E-state index is 12.2. The molecule has 0 unspecified atom stereocenters. The van der Waals surface area contributed by atoms with E-state index in [1.54, 1.807) is 24.1 Å². The van der Waals surface area contributed by atoms with Gasteiger partial charge in [0.15, 0.2) is 0 Å². The van der Waals surface area contributed by atoms with Gasteiger partial charge in [0, 0.05) is 20.0 Å². The van der Waals surface area contributed by atoms with Crippen LogP contribution in [0.4, 0.5) is 0 Å². The molecule has 0 atom stereocenters. The number of carbonyl (C=O) groups excluding carboxylic acids is 1. The topological polar surface area (TPSA) is 85.7 Å². The maximum Gasteiger partial charge on any atom is 0.293 e. The number of nitrogens with one attached hydrogen (secondary N) is 1. The number of aromatic amines is 1. The zero-order valence-electron chi connectivity index (χ0n) is 12.1. The van der Waals surface area contributed by atoms with Crippen molar-refractivity contribution in [2.45, 2.75) is 26.3 Å². The van der Waals surface area contributed by atoms with E-state index >= 15 is 0 Å². The quantitative estimate of drug-likeness (QED) is 0.908. The van der Waals surface area contributed by atoms with Crippen LogP contribution in [-0.4, -0.2) is 33.0 Å². The highest BCUT2D eigenvalue weighted by atomic mass is 16.2. The highest BCUT2D eigenvalue weighted by Crippen LogP contribution is 2.08. The van der Waals surface area contributed by atoms with Crippen molar-refractivity contribution in [3.8, 4) is 6.07 Å². The average molecular weight is 283 g/mol. The summed E-state index contributed by atoms with van der Waals surface area (Å²) in [6.45, 7) is 2.49. The molecule has 0 saturated heterocycles. The molecule has 1 aromatic carbocycles. The second-order valence-corrected chi connectivity index (χ2v) is 4.83. The average Bonchev–Trinajstić information content (AvgIpc) is 2.96. The number of H-pyrrole nitrogens is 1. The Morgan fingerprint density at radius 3 is 2.71 bits per heavy atom. The van der Waals surface area contributed by atoms with Crippen LogP contribution in [0, 0.1) is 11.3 Å². The number of aromatic nitrogens is 3. The molecule has 1 amide bonds. The number of nitriles is 1. The van der Waals surface area contributed by atoms with Crippen LogP contribution in [0.15, 0.2) is 24.3 Å². The van der Waals surface area contributed by atoms with Gasteiger partial charge in [0.25, 0.3) is 5.91 Å². The van der Waals surface area contributed by atoms with Gasteiger partial charge in [-0.25, -0.2) is 4.98 Å². The summed E-state index contributed by atoms with van der Waals surface area (Å²) in [5, 5.41) is 15.5. The first-order valence-corrected chi connectivity index (χ1v) is 6.79. The normalized spacial score (nSPS) is 10.1. The van der Waals surface area contributed by atoms with Crippen LogP contribution in [0.5, 0.6) is 0 Å². The van der Waals surface area contributed by atoms with Crippen molar-refractivity contribution in [1.29, 1.82) is 5.26 Å². The summed E-state index contributed by atoms with van der Waals surface area (Å²) in [6.07, 6.45) is 1.73. The first-order chi connectivity index (χ1) is 10.1. The molecule has 6 nitrogen and oxygen atoms in total. The zero-order valence-corrected chi connectivity index (χ0v) is 12.1. The number of hydrogen-bond donors (Lipinski definition) is 1. The first kappa shape index (κ1) is 14.7. The summed E-state index contributed by atoms with van der Waals surface area (Å²) in [5.74, 6) is 0.695. The van der Waals surface area contributed by atoms with Gasteiger partial charge in [-0.1, -0.05) is 19.1 Å². The minimum absolute atomic E-state index is 0.189. The molecule has 0 bridgehead atoms. The van der Waals surface area contributed by atoms with Crippen LogP contribution >= 0.6 is 0 Å². The monoisotopic (exact) mass is 283 g/mol. The lowest BCUT2D eigenvalue weighted by Crippen LogP contribution is -2.27. The van der Waals surface area contributed by atoms with Crippen molar-refractivity contribution in [2.24, 2.45) is 0 Å². The first-order valence-electron chi connectivity index (χ1n) is 6.79. The van der Waals surface area contributed by atoms with E-state index in [0.717, 1.165) is 24.2 Å². The van der Waals surface area contributed by atoms with E-state index in [0.29, 0.717) is 12.1 Å². The van der Waals surface area contributed by atoms with Crippen molar-refractivity contribution < 1.29 is 4.79 Å². The van der Waals surface area contributed by atoms with E-state index in [9.17, 15) is 4.79 Å². The van der Waals surface area contributed by atoms with Crippen LogP contribution < -0.4 is 0 Å². The van der Waals surface area contributed by atoms with Crippen molar-refractivity contribution in [3.63, 3.8) is 0 Å². The van der Waals surface area contributed by atoms with E-state index < -0.39 is 0 Å². The van der Waals surface area contributed by atoms with Crippen LogP contribution in [0.3, 0.4) is 0 Å². The van der Waals surface area contributed by atoms with Crippen LogP contribution in [-0.2, 0) is 13.0 Å². The smallest absolute Gasteiger partial charge is 0.293 e. The lowest BCUT2D eigenvalue weighted by molar-refractivity contribution is 0.0773. The summed E-state index contributed by atoms with van der Waals surface area (Å²) in [6, 6.07) is 9.21. The highest BCUT2D eigenvalue weighted by Gasteiger charge is 2.17. The Bertz CT molecular complexity index is 653. The number of hydrogen-bond acceptors (Lipinski definition) is 4. The molecule has 1 N–H and O–H groups in total. The highest BCUT2D eigenvalue weighted by molar-refractivity contribution is 5.90. The Morgan fingerprint density at radius 1 is 1.38 bits per heavy atom. The summed E-state index contributed by atoms with van der Waals surface area (Å²) < 4.78 is 0. The van der Waals surface area contributed by atoms with E-state index in [1.807, 2.05) is 19.1 Å². The molecule has 6 heteroatoms. The Kier molecular flexibility index (Phi) is 4.67. The fourth-order valence-corrected chi connectivity index (χ4v) is 1.94. The Labute approximate surface area is 123 Å². The molecule has 1 heterocycles. The predicted molar refractivity (Wildman–Crippen MR) is 77.3 cm³/mol.